The number of morpholine rings is 1. The predicted octanol–water partition coefficient (Wildman–Crippen LogP) is 2.55. The number of fused-ring (bicyclic) bond motifs is 1. The van der Waals surface area contributed by atoms with E-state index in [1.54, 1.807) is 24.3 Å². The lowest BCUT2D eigenvalue weighted by Gasteiger charge is -2.28. The second-order valence-corrected chi connectivity index (χ2v) is 8.02. The fraction of sp³-hybridized carbons (Fsp3) is 0.250. The molecule has 1 saturated heterocycles. The molecule has 0 atom stereocenters. The monoisotopic (exact) mass is 456 g/mol. The van der Waals surface area contributed by atoms with E-state index in [1.807, 2.05) is 36.5 Å². The molecule has 0 aliphatic carbocycles. The van der Waals surface area contributed by atoms with Crippen molar-refractivity contribution >= 4 is 34.4 Å². The maximum Gasteiger partial charge on any atom is 0.223 e. The molecule has 10 nitrogen and oxygen atoms in total. The molecule has 0 radical (unpaired) electrons. The lowest BCUT2D eigenvalue weighted by molar-refractivity contribution is -0.116. The Morgan fingerprint density at radius 2 is 1.74 bits per heavy atom. The largest absolute Gasteiger partial charge is 0.378 e. The summed E-state index contributed by atoms with van der Waals surface area (Å²) >= 11 is 0. The third-order valence-electron chi connectivity index (χ3n) is 5.80. The molecule has 3 aromatic heterocycles. The molecule has 5 rings (SSSR count). The smallest absolute Gasteiger partial charge is 0.223 e. The summed E-state index contributed by atoms with van der Waals surface area (Å²) < 4.78 is 5.52. The zero-order valence-electron chi connectivity index (χ0n) is 19.0. The Balaban J connectivity index is 1.64. The van der Waals surface area contributed by atoms with E-state index in [0.717, 1.165) is 22.6 Å². The summed E-state index contributed by atoms with van der Waals surface area (Å²) in [7, 11) is 1.75. The Labute approximate surface area is 196 Å². The highest BCUT2D eigenvalue weighted by atomic mass is 16.5. The van der Waals surface area contributed by atoms with Crippen molar-refractivity contribution in [3.05, 3.63) is 48.9 Å². The van der Waals surface area contributed by atoms with E-state index in [1.165, 1.54) is 6.92 Å². The molecule has 34 heavy (non-hydrogen) atoms. The van der Waals surface area contributed by atoms with E-state index in [4.69, 9.17) is 25.4 Å². The summed E-state index contributed by atoms with van der Waals surface area (Å²) in [5, 5.41) is 0. The van der Waals surface area contributed by atoms with E-state index in [9.17, 15) is 4.79 Å². The third kappa shape index (κ3) is 4.23. The number of pyridine rings is 1. The molecule has 10 heteroatoms. The van der Waals surface area contributed by atoms with Crippen LogP contribution >= 0.6 is 0 Å². The molecule has 0 saturated carbocycles. The number of carbonyl (C=O) groups excluding carboxylic acids is 1. The fourth-order valence-electron chi connectivity index (χ4n) is 3.82. The van der Waals surface area contributed by atoms with E-state index in [0.29, 0.717) is 48.7 Å². The van der Waals surface area contributed by atoms with Crippen LogP contribution < -0.4 is 15.5 Å². The number of anilines is 3. The molecule has 172 valence electrons. The van der Waals surface area contributed by atoms with Crippen molar-refractivity contribution in [2.24, 2.45) is 0 Å². The van der Waals surface area contributed by atoms with Gasteiger partial charge in [0.25, 0.3) is 0 Å². The average Bonchev–Trinajstić information content (AvgIpc) is 2.88. The SMILES string of the molecule is CC(=O)N(C)c1cccc(-c2cnc3c(N4CCOCC4)nc(-c4cnc(N)nc4)nc3c2)c1. The van der Waals surface area contributed by atoms with Gasteiger partial charge in [0.2, 0.25) is 11.9 Å². The molecule has 0 unspecified atom stereocenters. The zero-order chi connectivity index (χ0) is 23.7. The van der Waals surface area contributed by atoms with Crippen LogP contribution in [-0.2, 0) is 9.53 Å². The van der Waals surface area contributed by atoms with Crippen molar-refractivity contribution in [1.82, 2.24) is 24.9 Å². The number of ether oxygens (including phenoxy) is 1. The van der Waals surface area contributed by atoms with Gasteiger partial charge in [0.15, 0.2) is 11.6 Å². The second-order valence-electron chi connectivity index (χ2n) is 8.02. The minimum atomic E-state index is -0.0351. The molecule has 0 spiro atoms. The molecular formula is C24H24N8O2. The van der Waals surface area contributed by atoms with Crippen molar-refractivity contribution in [2.45, 2.75) is 6.92 Å². The Morgan fingerprint density at radius 3 is 2.47 bits per heavy atom. The van der Waals surface area contributed by atoms with Gasteiger partial charge in [-0.2, -0.15) is 0 Å². The van der Waals surface area contributed by atoms with Gasteiger partial charge in [0.1, 0.15) is 5.52 Å². The molecule has 1 amide bonds. The van der Waals surface area contributed by atoms with Crippen LogP contribution in [0, 0.1) is 0 Å². The Kier molecular flexibility index (Phi) is 5.72. The summed E-state index contributed by atoms with van der Waals surface area (Å²) in [4.78, 5) is 38.1. The van der Waals surface area contributed by atoms with Crippen LogP contribution in [0.1, 0.15) is 6.92 Å². The normalized spacial score (nSPS) is 13.8. The van der Waals surface area contributed by atoms with Gasteiger partial charge in [0.05, 0.1) is 24.3 Å². The molecular weight excluding hydrogens is 432 g/mol. The van der Waals surface area contributed by atoms with E-state index < -0.39 is 0 Å². The lowest BCUT2D eigenvalue weighted by Crippen LogP contribution is -2.37. The van der Waals surface area contributed by atoms with Crippen molar-refractivity contribution in [2.75, 3.05) is 48.9 Å². The van der Waals surface area contributed by atoms with Crippen LogP contribution in [0.15, 0.2) is 48.9 Å². The molecule has 4 aromatic rings. The van der Waals surface area contributed by atoms with Gasteiger partial charge in [-0.05, 0) is 23.8 Å². The third-order valence-corrected chi connectivity index (χ3v) is 5.80. The highest BCUT2D eigenvalue weighted by Crippen LogP contribution is 2.31. The van der Waals surface area contributed by atoms with Crippen molar-refractivity contribution in [1.29, 1.82) is 0 Å². The van der Waals surface area contributed by atoms with Crippen LogP contribution in [0.4, 0.5) is 17.5 Å². The number of hydrogen-bond donors (Lipinski definition) is 1. The van der Waals surface area contributed by atoms with Gasteiger partial charge < -0.3 is 20.3 Å². The van der Waals surface area contributed by atoms with Gasteiger partial charge in [-0.25, -0.2) is 19.9 Å². The number of nitrogen functional groups attached to an aromatic ring is 1. The molecule has 4 heterocycles. The number of rotatable bonds is 4. The number of aromatic nitrogens is 5. The second kappa shape index (κ2) is 8.99. The first-order chi connectivity index (χ1) is 16.5. The number of carbonyl (C=O) groups is 1. The van der Waals surface area contributed by atoms with Gasteiger partial charge in [0, 0.05) is 56.9 Å². The summed E-state index contributed by atoms with van der Waals surface area (Å²) in [6.07, 6.45) is 5.05. The minimum absolute atomic E-state index is 0.0351. The van der Waals surface area contributed by atoms with E-state index in [-0.39, 0.29) is 11.9 Å². The molecule has 1 aliphatic heterocycles. The van der Waals surface area contributed by atoms with E-state index >= 15 is 0 Å². The maximum atomic E-state index is 11.8. The number of nitrogens with zero attached hydrogens (tertiary/aromatic N) is 7. The van der Waals surface area contributed by atoms with Gasteiger partial charge >= 0.3 is 0 Å². The first-order valence-electron chi connectivity index (χ1n) is 10.9. The highest BCUT2D eigenvalue weighted by molar-refractivity contribution is 5.93. The Morgan fingerprint density at radius 1 is 1.00 bits per heavy atom. The van der Waals surface area contributed by atoms with Gasteiger partial charge in [-0.15, -0.1) is 0 Å². The molecule has 1 fully saturated rings. The summed E-state index contributed by atoms with van der Waals surface area (Å²) in [6.45, 7) is 4.22. The van der Waals surface area contributed by atoms with Crippen molar-refractivity contribution in [3.63, 3.8) is 0 Å². The number of hydrogen-bond acceptors (Lipinski definition) is 9. The predicted molar refractivity (Wildman–Crippen MR) is 130 cm³/mol. The quantitative estimate of drug-likeness (QED) is 0.493. The molecule has 1 aromatic carbocycles. The average molecular weight is 457 g/mol. The first kappa shape index (κ1) is 21.7. The van der Waals surface area contributed by atoms with Crippen LogP contribution in [0.5, 0.6) is 0 Å². The van der Waals surface area contributed by atoms with E-state index in [2.05, 4.69) is 14.9 Å². The van der Waals surface area contributed by atoms with Crippen LogP contribution in [0.2, 0.25) is 0 Å². The topological polar surface area (TPSA) is 123 Å². The Bertz CT molecular complexity index is 1350. The summed E-state index contributed by atoms with van der Waals surface area (Å²) in [6, 6.07) is 9.76. The van der Waals surface area contributed by atoms with Crippen LogP contribution in [0.3, 0.4) is 0 Å². The zero-order valence-corrected chi connectivity index (χ0v) is 19.0. The maximum absolute atomic E-state index is 11.8. The standard InChI is InChI=1S/C24H24N8O2/c1-15(33)31(2)19-5-3-4-16(10-19)17-11-20-21(26-12-17)23(32-6-8-34-9-7-32)30-22(29-20)18-13-27-24(25)28-14-18/h3-5,10-14H,6-9H2,1-2H3,(H2,25,27,28). The molecule has 0 bridgehead atoms. The summed E-state index contributed by atoms with van der Waals surface area (Å²) in [5.74, 6) is 1.40. The highest BCUT2D eigenvalue weighted by Gasteiger charge is 2.20. The minimum Gasteiger partial charge on any atom is -0.378 e. The molecule has 1 aliphatic rings. The number of benzene rings is 1. The van der Waals surface area contributed by atoms with Crippen LogP contribution in [-0.4, -0.2) is 64.2 Å². The fourth-order valence-corrected chi connectivity index (χ4v) is 3.82. The Hall–Kier alpha value is -4.18. The molecule has 2 N–H and O–H groups in total. The van der Waals surface area contributed by atoms with Gasteiger partial charge in [-0.3, -0.25) is 9.78 Å². The van der Waals surface area contributed by atoms with Crippen LogP contribution in [0.25, 0.3) is 33.5 Å². The number of nitrogens with two attached hydrogens (primary N) is 1. The van der Waals surface area contributed by atoms with Crippen molar-refractivity contribution in [3.8, 4) is 22.5 Å². The van der Waals surface area contributed by atoms with Crippen molar-refractivity contribution < 1.29 is 9.53 Å². The first-order valence-corrected chi connectivity index (χ1v) is 10.9. The number of amides is 1. The summed E-state index contributed by atoms with van der Waals surface area (Å²) in [5.41, 5.74) is 10.4. The lowest BCUT2D eigenvalue weighted by atomic mass is 10.1. The van der Waals surface area contributed by atoms with Gasteiger partial charge in [-0.1, -0.05) is 12.1 Å².